The number of Topliss-reactive ketones (excluding diaryl/α,β-unsaturated/α-hetero) is 1. The summed E-state index contributed by atoms with van der Waals surface area (Å²) in [6.07, 6.45) is 7.60. The number of ether oxygens (including phenoxy) is 1. The minimum atomic E-state index is -0.984. The van der Waals surface area contributed by atoms with Crippen molar-refractivity contribution < 1.29 is 23.9 Å². The topological polar surface area (TPSA) is 155 Å². The summed E-state index contributed by atoms with van der Waals surface area (Å²) >= 11 is 5.76. The molecule has 0 aromatic carbocycles. The highest BCUT2D eigenvalue weighted by molar-refractivity contribution is 6.39. The summed E-state index contributed by atoms with van der Waals surface area (Å²) in [5.74, 6) is -2.31. The Labute approximate surface area is 217 Å². The normalized spacial score (nSPS) is 22.2. The third kappa shape index (κ3) is 8.44. The van der Waals surface area contributed by atoms with Crippen LogP contribution in [0.3, 0.4) is 0 Å². The van der Waals surface area contributed by atoms with Crippen molar-refractivity contribution in [2.24, 2.45) is 11.1 Å². The summed E-state index contributed by atoms with van der Waals surface area (Å²) in [5, 5.41) is 12.7. The molecule has 11 heteroatoms. The van der Waals surface area contributed by atoms with Crippen molar-refractivity contribution in [2.45, 2.75) is 90.1 Å². The maximum atomic E-state index is 13.3. The molecular formula is C25H38ClN5O5. The monoisotopic (exact) mass is 523 g/mol. The summed E-state index contributed by atoms with van der Waals surface area (Å²) in [6, 6.07) is -2.73. The Hall–Kier alpha value is -2.72. The molecule has 1 saturated heterocycles. The molecule has 36 heavy (non-hydrogen) atoms. The summed E-state index contributed by atoms with van der Waals surface area (Å²) in [6.45, 7) is 7.50. The van der Waals surface area contributed by atoms with Crippen molar-refractivity contribution in [2.75, 3.05) is 6.54 Å². The van der Waals surface area contributed by atoms with E-state index >= 15 is 0 Å². The smallest absolute Gasteiger partial charge is 0.289 e. The van der Waals surface area contributed by atoms with Gasteiger partial charge in [0.2, 0.25) is 17.6 Å². The van der Waals surface area contributed by atoms with Crippen molar-refractivity contribution in [1.29, 1.82) is 5.41 Å². The van der Waals surface area contributed by atoms with E-state index in [-0.39, 0.29) is 24.0 Å². The Bertz CT molecular complexity index is 909. The van der Waals surface area contributed by atoms with E-state index in [0.717, 1.165) is 19.1 Å². The highest BCUT2D eigenvalue weighted by Gasteiger charge is 2.44. The number of carbonyl (C=O) groups is 4. The first kappa shape index (κ1) is 29.5. The molecule has 1 saturated carbocycles. The van der Waals surface area contributed by atoms with Crippen molar-refractivity contribution in [3.63, 3.8) is 0 Å². The molecule has 1 aliphatic heterocycles. The molecule has 1 aliphatic carbocycles. The van der Waals surface area contributed by atoms with Gasteiger partial charge in [0.05, 0.1) is 29.9 Å². The molecule has 10 nitrogen and oxygen atoms in total. The van der Waals surface area contributed by atoms with Gasteiger partial charge >= 0.3 is 0 Å². The number of likely N-dealkylation sites (tertiary alicyclic amines) is 1. The van der Waals surface area contributed by atoms with Gasteiger partial charge in [-0.25, -0.2) is 0 Å². The van der Waals surface area contributed by atoms with Gasteiger partial charge < -0.3 is 31.4 Å². The van der Waals surface area contributed by atoms with Crippen LogP contribution >= 0.6 is 11.6 Å². The van der Waals surface area contributed by atoms with Gasteiger partial charge in [0.1, 0.15) is 12.1 Å². The number of nitrogens with zero attached hydrogens (tertiary/aromatic N) is 1. The maximum absolute atomic E-state index is 13.3. The van der Waals surface area contributed by atoms with Crippen LogP contribution < -0.4 is 16.4 Å². The van der Waals surface area contributed by atoms with E-state index in [4.69, 9.17) is 27.5 Å². The van der Waals surface area contributed by atoms with Crippen LogP contribution in [-0.4, -0.2) is 71.4 Å². The summed E-state index contributed by atoms with van der Waals surface area (Å²) in [5.41, 5.74) is 5.68. The molecule has 2 fully saturated rings. The van der Waals surface area contributed by atoms with Gasteiger partial charge in [-0.05, 0) is 36.8 Å². The quantitative estimate of drug-likeness (QED) is 0.132. The van der Waals surface area contributed by atoms with Crippen molar-refractivity contribution >= 4 is 41.3 Å². The average Bonchev–Trinajstić information content (AvgIpc) is 3.54. The number of carbonyl (C=O) groups excluding carboxylic acids is 4. The van der Waals surface area contributed by atoms with E-state index in [1.807, 2.05) is 27.7 Å². The Morgan fingerprint density at radius 2 is 1.92 bits per heavy atom. The zero-order chi connectivity index (χ0) is 27.0. The lowest BCUT2D eigenvalue weighted by Gasteiger charge is -2.32. The third-order valence-electron chi connectivity index (χ3n) is 6.14. The first-order chi connectivity index (χ1) is 16.9. The standard InChI is InChI=1S/C25H38ClN5O5/c1-5-7-18(20(32)23(34)29-16-9-10-16)30-22(33)19-12-17(36-11-6-8-15(26)13-27)14-31(19)24(35)21(28)25(2,3)4/h6,8,11,13,16-19,21,27H,5,7,9-10,12,14,28H2,1-4H3,(H,29,34)(H,30,33)/b11-6+,15-8+,27-13?/t17-,18-,19-,21+/m1/s1. The first-order valence-corrected chi connectivity index (χ1v) is 12.7. The Morgan fingerprint density at radius 1 is 1.25 bits per heavy atom. The van der Waals surface area contributed by atoms with Crippen LogP contribution in [0.4, 0.5) is 0 Å². The summed E-state index contributed by atoms with van der Waals surface area (Å²) < 4.78 is 5.71. The van der Waals surface area contributed by atoms with Crippen molar-refractivity contribution in [1.82, 2.24) is 15.5 Å². The van der Waals surface area contributed by atoms with Crippen LogP contribution in [0.1, 0.15) is 59.8 Å². The predicted octanol–water partition coefficient (Wildman–Crippen LogP) is 1.76. The molecule has 0 aromatic heterocycles. The molecule has 4 atom stereocenters. The van der Waals surface area contributed by atoms with Crippen molar-refractivity contribution in [3.05, 3.63) is 23.4 Å². The van der Waals surface area contributed by atoms with Crippen LogP contribution in [0.2, 0.25) is 0 Å². The zero-order valence-electron chi connectivity index (χ0n) is 21.4. The lowest BCUT2D eigenvalue weighted by molar-refractivity contribution is -0.143. The van der Waals surface area contributed by atoms with E-state index in [0.29, 0.717) is 12.8 Å². The minimum Gasteiger partial charge on any atom is -0.496 e. The second-order valence-electron chi connectivity index (χ2n) is 10.3. The van der Waals surface area contributed by atoms with Crippen LogP contribution in [0, 0.1) is 10.8 Å². The number of nitrogens with one attached hydrogen (secondary N) is 3. The number of amides is 3. The molecule has 3 amide bonds. The lowest BCUT2D eigenvalue weighted by Crippen LogP contribution is -2.57. The Morgan fingerprint density at radius 3 is 2.47 bits per heavy atom. The van der Waals surface area contributed by atoms with Crippen LogP contribution in [0.25, 0.3) is 0 Å². The average molecular weight is 524 g/mol. The number of hydrogen-bond acceptors (Lipinski definition) is 7. The van der Waals surface area contributed by atoms with E-state index in [2.05, 4.69) is 10.6 Å². The third-order valence-corrected chi connectivity index (χ3v) is 6.37. The van der Waals surface area contributed by atoms with Gasteiger partial charge in [-0.15, -0.1) is 0 Å². The maximum Gasteiger partial charge on any atom is 0.289 e. The van der Waals surface area contributed by atoms with E-state index in [1.54, 1.807) is 0 Å². The van der Waals surface area contributed by atoms with Crippen molar-refractivity contribution in [3.8, 4) is 0 Å². The summed E-state index contributed by atoms with van der Waals surface area (Å²) in [7, 11) is 0. The Kier molecular flexibility index (Phi) is 10.7. The van der Waals surface area contributed by atoms with E-state index in [9.17, 15) is 19.2 Å². The first-order valence-electron chi connectivity index (χ1n) is 12.3. The molecule has 2 rings (SSSR count). The molecule has 2 aliphatic rings. The molecule has 5 N–H and O–H groups in total. The molecule has 0 bridgehead atoms. The molecule has 0 spiro atoms. The van der Waals surface area contributed by atoms with Gasteiger partial charge in [0.15, 0.2) is 0 Å². The second kappa shape index (κ2) is 13.0. The second-order valence-corrected chi connectivity index (χ2v) is 10.8. The van der Waals surface area contributed by atoms with Gasteiger partial charge in [0.25, 0.3) is 5.91 Å². The Balaban J connectivity index is 2.18. The van der Waals surface area contributed by atoms with E-state index < -0.39 is 53.1 Å². The lowest BCUT2D eigenvalue weighted by atomic mass is 9.86. The molecule has 0 unspecified atom stereocenters. The highest BCUT2D eigenvalue weighted by atomic mass is 35.5. The van der Waals surface area contributed by atoms with Gasteiger partial charge in [-0.3, -0.25) is 19.2 Å². The predicted molar refractivity (Wildman–Crippen MR) is 137 cm³/mol. The SMILES string of the molecule is CCC[C@@H](NC(=O)[C@H]1C[C@@H](O/C=C/C=C(/Cl)C=N)CN1C(=O)[C@H](N)C(C)(C)C)C(=O)C(=O)NC1CC1. The number of nitrogens with two attached hydrogens (primary N) is 1. The number of rotatable bonds is 12. The van der Waals surface area contributed by atoms with Gasteiger partial charge in [-0.2, -0.15) is 0 Å². The fourth-order valence-electron chi connectivity index (χ4n) is 3.74. The molecule has 200 valence electrons. The van der Waals surface area contributed by atoms with Crippen LogP contribution in [0.15, 0.2) is 23.4 Å². The highest BCUT2D eigenvalue weighted by Crippen LogP contribution is 2.26. The van der Waals surface area contributed by atoms with Gasteiger partial charge in [-0.1, -0.05) is 45.7 Å². The molecule has 1 heterocycles. The minimum absolute atomic E-state index is 0.0240. The largest absolute Gasteiger partial charge is 0.496 e. The molecule has 0 radical (unpaired) electrons. The summed E-state index contributed by atoms with van der Waals surface area (Å²) in [4.78, 5) is 53.0. The van der Waals surface area contributed by atoms with E-state index in [1.165, 1.54) is 23.3 Å². The number of halogens is 1. The fraction of sp³-hybridized carbons (Fsp3) is 0.640. The van der Waals surface area contributed by atoms with Gasteiger partial charge in [0, 0.05) is 18.7 Å². The number of hydrogen-bond donors (Lipinski definition) is 4. The molecular weight excluding hydrogens is 486 g/mol. The van der Waals surface area contributed by atoms with Crippen LogP contribution in [0.5, 0.6) is 0 Å². The van der Waals surface area contributed by atoms with Crippen LogP contribution in [-0.2, 0) is 23.9 Å². The molecule has 0 aromatic rings. The fourth-order valence-corrected chi connectivity index (χ4v) is 3.81. The number of allylic oxidation sites excluding steroid dienone is 3. The zero-order valence-corrected chi connectivity index (χ0v) is 22.1. The number of ketones is 1.